The average molecular weight is 265 g/mol. The third-order valence-electron chi connectivity index (χ3n) is 5.72. The van der Waals surface area contributed by atoms with Gasteiger partial charge in [0.05, 0.1) is 0 Å². The van der Waals surface area contributed by atoms with Crippen LogP contribution in [0.4, 0.5) is 0 Å². The molecule has 0 bridgehead atoms. The summed E-state index contributed by atoms with van der Waals surface area (Å²) in [5.41, 5.74) is 0. The number of hydrogen-bond donors (Lipinski definition) is 2. The molecule has 0 amide bonds. The first kappa shape index (κ1) is 13.8. The molecular formula is C16H31N3. The van der Waals surface area contributed by atoms with E-state index in [1.807, 2.05) is 0 Å². The first-order chi connectivity index (χ1) is 9.24. The van der Waals surface area contributed by atoms with Crippen molar-refractivity contribution in [3.63, 3.8) is 0 Å². The highest BCUT2D eigenvalue weighted by atomic mass is 15.1. The molecule has 19 heavy (non-hydrogen) atoms. The van der Waals surface area contributed by atoms with Crippen molar-refractivity contribution in [1.82, 2.24) is 15.5 Å². The Morgan fingerprint density at radius 1 is 1.05 bits per heavy atom. The van der Waals surface area contributed by atoms with Crippen LogP contribution in [0, 0.1) is 11.8 Å². The van der Waals surface area contributed by atoms with Gasteiger partial charge in [-0.1, -0.05) is 13.3 Å². The fourth-order valence-electron chi connectivity index (χ4n) is 4.63. The smallest absolute Gasteiger partial charge is 0.0120 e. The van der Waals surface area contributed by atoms with E-state index in [9.17, 15) is 0 Å². The lowest BCUT2D eigenvalue weighted by Crippen LogP contribution is -2.52. The third-order valence-corrected chi connectivity index (χ3v) is 5.72. The highest BCUT2D eigenvalue weighted by Crippen LogP contribution is 2.33. The molecule has 2 N–H and O–H groups in total. The highest BCUT2D eigenvalue weighted by Gasteiger charge is 2.37. The van der Waals surface area contributed by atoms with E-state index < -0.39 is 0 Å². The molecule has 1 saturated carbocycles. The van der Waals surface area contributed by atoms with Crippen LogP contribution in [0.1, 0.15) is 45.4 Å². The normalized spacial score (nSPS) is 44.8. The first-order valence-electron chi connectivity index (χ1n) is 8.42. The van der Waals surface area contributed by atoms with Crippen LogP contribution in [-0.2, 0) is 0 Å². The van der Waals surface area contributed by atoms with Gasteiger partial charge in [0.1, 0.15) is 0 Å². The molecular weight excluding hydrogens is 234 g/mol. The van der Waals surface area contributed by atoms with Crippen LogP contribution >= 0.6 is 0 Å². The minimum atomic E-state index is 0.753. The van der Waals surface area contributed by atoms with Crippen LogP contribution in [0.2, 0.25) is 0 Å². The Bertz CT molecular complexity index is 288. The Labute approximate surface area is 118 Å². The Morgan fingerprint density at radius 3 is 2.68 bits per heavy atom. The fourth-order valence-corrected chi connectivity index (χ4v) is 4.63. The van der Waals surface area contributed by atoms with Crippen molar-refractivity contribution < 1.29 is 0 Å². The molecule has 0 aromatic carbocycles. The summed E-state index contributed by atoms with van der Waals surface area (Å²) >= 11 is 0. The molecule has 3 nitrogen and oxygen atoms in total. The Balaban J connectivity index is 1.56. The van der Waals surface area contributed by atoms with Gasteiger partial charge in [-0.05, 0) is 64.1 Å². The first-order valence-corrected chi connectivity index (χ1v) is 8.42. The van der Waals surface area contributed by atoms with Crippen LogP contribution in [0.15, 0.2) is 0 Å². The van der Waals surface area contributed by atoms with Gasteiger partial charge in [-0.3, -0.25) is 0 Å². The average Bonchev–Trinajstić information content (AvgIpc) is 3.03. The summed E-state index contributed by atoms with van der Waals surface area (Å²) < 4.78 is 0. The zero-order valence-electron chi connectivity index (χ0n) is 12.7. The molecule has 2 saturated heterocycles. The zero-order chi connectivity index (χ0) is 13.2. The second-order valence-electron chi connectivity index (χ2n) is 7.21. The van der Waals surface area contributed by atoms with Crippen molar-refractivity contribution >= 4 is 0 Å². The zero-order valence-corrected chi connectivity index (χ0v) is 12.7. The van der Waals surface area contributed by atoms with Gasteiger partial charge < -0.3 is 15.5 Å². The number of hydrogen-bond acceptors (Lipinski definition) is 3. The van der Waals surface area contributed by atoms with Crippen molar-refractivity contribution in [2.24, 2.45) is 11.8 Å². The van der Waals surface area contributed by atoms with Crippen LogP contribution in [0.5, 0.6) is 0 Å². The maximum Gasteiger partial charge on any atom is 0.0120 e. The molecule has 0 spiro atoms. The molecule has 3 aliphatic rings. The van der Waals surface area contributed by atoms with E-state index in [2.05, 4.69) is 29.5 Å². The number of rotatable bonds is 3. The highest BCUT2D eigenvalue weighted by molar-refractivity contribution is 4.95. The lowest BCUT2D eigenvalue weighted by Gasteiger charge is -2.39. The third kappa shape index (κ3) is 3.14. The monoisotopic (exact) mass is 265 g/mol. The molecule has 1 aliphatic carbocycles. The molecule has 3 rings (SSSR count). The van der Waals surface area contributed by atoms with Crippen LogP contribution in [0.3, 0.4) is 0 Å². The number of piperidine rings is 1. The molecule has 5 unspecified atom stereocenters. The molecule has 0 radical (unpaired) electrons. The van der Waals surface area contributed by atoms with E-state index in [0.717, 1.165) is 30.0 Å². The Hall–Kier alpha value is -0.120. The summed E-state index contributed by atoms with van der Waals surface area (Å²) in [5.74, 6) is 1.70. The summed E-state index contributed by atoms with van der Waals surface area (Å²) in [6.07, 6.45) is 8.41. The molecule has 3 heteroatoms. The van der Waals surface area contributed by atoms with Gasteiger partial charge in [-0.15, -0.1) is 0 Å². The minimum absolute atomic E-state index is 0.753. The summed E-state index contributed by atoms with van der Waals surface area (Å²) in [6, 6.07) is 2.34. The minimum Gasteiger partial charge on any atom is -0.314 e. The van der Waals surface area contributed by atoms with Crippen LogP contribution in [0.25, 0.3) is 0 Å². The molecule has 2 aliphatic heterocycles. The molecule has 0 aromatic rings. The van der Waals surface area contributed by atoms with E-state index in [-0.39, 0.29) is 0 Å². The largest absolute Gasteiger partial charge is 0.314 e. The molecule has 3 fully saturated rings. The van der Waals surface area contributed by atoms with E-state index in [0.29, 0.717) is 0 Å². The fraction of sp³-hybridized carbons (Fsp3) is 1.00. The number of nitrogens with one attached hydrogen (secondary N) is 2. The van der Waals surface area contributed by atoms with E-state index in [1.54, 1.807) is 0 Å². The van der Waals surface area contributed by atoms with Gasteiger partial charge in [0, 0.05) is 24.7 Å². The standard InChI is InChI=1S/C16H31N3/c1-12-11-19(2)10-8-14(12)18-16-6-3-5-13(16)15-7-4-9-17-15/h12-18H,3-11H2,1-2H3. The van der Waals surface area contributed by atoms with E-state index >= 15 is 0 Å². The van der Waals surface area contributed by atoms with E-state index in [1.165, 1.54) is 58.2 Å². The summed E-state index contributed by atoms with van der Waals surface area (Å²) in [4.78, 5) is 2.48. The summed E-state index contributed by atoms with van der Waals surface area (Å²) in [7, 11) is 2.26. The quantitative estimate of drug-likeness (QED) is 0.815. The van der Waals surface area contributed by atoms with Gasteiger partial charge >= 0.3 is 0 Å². The van der Waals surface area contributed by atoms with Crippen LogP contribution < -0.4 is 10.6 Å². The Kier molecular flexibility index (Phi) is 4.45. The van der Waals surface area contributed by atoms with Gasteiger partial charge in [0.15, 0.2) is 0 Å². The lowest BCUT2D eigenvalue weighted by atomic mass is 9.89. The van der Waals surface area contributed by atoms with Gasteiger partial charge in [-0.2, -0.15) is 0 Å². The molecule has 2 heterocycles. The van der Waals surface area contributed by atoms with Crippen molar-refractivity contribution in [2.75, 3.05) is 26.7 Å². The number of likely N-dealkylation sites (tertiary alicyclic amines) is 1. The maximum atomic E-state index is 4.05. The van der Waals surface area contributed by atoms with Gasteiger partial charge in [-0.25, -0.2) is 0 Å². The molecule has 110 valence electrons. The molecule has 0 aromatic heterocycles. The second-order valence-corrected chi connectivity index (χ2v) is 7.21. The number of nitrogens with zero attached hydrogens (tertiary/aromatic N) is 1. The van der Waals surface area contributed by atoms with Crippen molar-refractivity contribution in [3.05, 3.63) is 0 Å². The summed E-state index contributed by atoms with van der Waals surface area (Å²) in [6.45, 7) is 6.20. The Morgan fingerprint density at radius 2 is 1.95 bits per heavy atom. The molecule has 5 atom stereocenters. The van der Waals surface area contributed by atoms with Gasteiger partial charge in [0.2, 0.25) is 0 Å². The second kappa shape index (κ2) is 6.11. The van der Waals surface area contributed by atoms with Crippen molar-refractivity contribution in [3.8, 4) is 0 Å². The van der Waals surface area contributed by atoms with Crippen molar-refractivity contribution in [1.29, 1.82) is 0 Å². The topological polar surface area (TPSA) is 27.3 Å². The van der Waals surface area contributed by atoms with Crippen LogP contribution in [-0.4, -0.2) is 49.7 Å². The predicted molar refractivity (Wildman–Crippen MR) is 80.4 cm³/mol. The maximum absolute atomic E-state index is 4.05. The SMILES string of the molecule is CC1CN(C)CCC1NC1CCCC1C1CCCN1. The van der Waals surface area contributed by atoms with Gasteiger partial charge in [0.25, 0.3) is 0 Å². The lowest BCUT2D eigenvalue weighted by molar-refractivity contribution is 0.155. The van der Waals surface area contributed by atoms with E-state index in [4.69, 9.17) is 0 Å². The van der Waals surface area contributed by atoms with Crippen molar-refractivity contribution in [2.45, 2.75) is 63.6 Å². The predicted octanol–water partition coefficient (Wildman–Crippen LogP) is 1.84. The summed E-state index contributed by atoms with van der Waals surface area (Å²) in [5, 5.41) is 7.78.